The van der Waals surface area contributed by atoms with Gasteiger partial charge in [0.15, 0.2) is 0 Å². The van der Waals surface area contributed by atoms with E-state index in [1.807, 2.05) is 0 Å². The molecule has 0 radical (unpaired) electrons. The van der Waals surface area contributed by atoms with E-state index < -0.39 is 0 Å². The highest BCUT2D eigenvalue weighted by Gasteiger charge is 2.20. The fourth-order valence-electron chi connectivity index (χ4n) is 2.42. The third-order valence-electron chi connectivity index (χ3n) is 3.63. The number of thiazole rings is 1. The van der Waals surface area contributed by atoms with E-state index in [1.54, 1.807) is 18.3 Å². The Bertz CT molecular complexity index is 394. The largest absolute Gasteiger partial charge is 0.306 e. The number of piperidine rings is 1. The van der Waals surface area contributed by atoms with Crippen molar-refractivity contribution < 1.29 is 4.79 Å². The van der Waals surface area contributed by atoms with Crippen LogP contribution in [0.3, 0.4) is 0 Å². The van der Waals surface area contributed by atoms with Gasteiger partial charge in [-0.05, 0) is 52.7 Å². The van der Waals surface area contributed by atoms with Gasteiger partial charge >= 0.3 is 0 Å². The molecule has 2 rings (SSSR count). The second-order valence-corrected chi connectivity index (χ2v) is 6.24. The molecule has 0 atom stereocenters. The lowest BCUT2D eigenvalue weighted by Crippen LogP contribution is -2.29. The molecule has 1 aliphatic heterocycles. The molecule has 0 aromatic carbocycles. The normalized spacial score (nSPS) is 18.1. The van der Waals surface area contributed by atoms with Gasteiger partial charge in [0.2, 0.25) is 0 Å². The molecule has 1 saturated heterocycles. The van der Waals surface area contributed by atoms with E-state index in [0.29, 0.717) is 12.3 Å². The molecule has 0 spiro atoms. The number of likely N-dealkylation sites (tertiary alicyclic amines) is 1. The highest BCUT2D eigenvalue weighted by Crippen LogP contribution is 2.28. The highest BCUT2D eigenvalue weighted by atomic mass is 32.1. The minimum Gasteiger partial charge on any atom is -0.306 e. The fourth-order valence-corrected chi connectivity index (χ4v) is 3.34. The summed E-state index contributed by atoms with van der Waals surface area (Å²) in [7, 11) is 2.18. The molecular formula is C14H22N2OS. The van der Waals surface area contributed by atoms with Crippen LogP contribution in [0.2, 0.25) is 0 Å². The van der Waals surface area contributed by atoms with Crippen LogP contribution >= 0.6 is 11.3 Å². The van der Waals surface area contributed by atoms with Crippen LogP contribution in [0.1, 0.15) is 49.2 Å². The van der Waals surface area contributed by atoms with Gasteiger partial charge < -0.3 is 9.69 Å². The monoisotopic (exact) mass is 266 g/mol. The van der Waals surface area contributed by atoms with Crippen LogP contribution in [0.5, 0.6) is 0 Å². The molecule has 100 valence electrons. The number of carbonyl (C=O) groups excluding carboxylic acids is 1. The molecule has 1 fully saturated rings. The average molecular weight is 266 g/mol. The van der Waals surface area contributed by atoms with E-state index in [1.165, 1.54) is 36.6 Å². The number of ketones is 1. The third-order valence-corrected chi connectivity index (χ3v) is 4.55. The maximum atomic E-state index is 10.9. The molecule has 0 unspecified atom stereocenters. The van der Waals surface area contributed by atoms with Crippen molar-refractivity contribution >= 4 is 17.1 Å². The van der Waals surface area contributed by atoms with E-state index >= 15 is 0 Å². The number of carbonyl (C=O) groups is 1. The molecule has 0 N–H and O–H groups in total. The summed E-state index contributed by atoms with van der Waals surface area (Å²) in [5.41, 5.74) is 1.28. The molecule has 0 aliphatic carbocycles. The number of hydrogen-bond donors (Lipinski definition) is 0. The molecular weight excluding hydrogens is 244 g/mol. The molecule has 0 saturated carbocycles. The zero-order valence-electron chi connectivity index (χ0n) is 11.3. The number of aromatic nitrogens is 1. The standard InChI is InChI=1S/C14H22N2OS/c1-11(17)4-3-5-14-15-13(10-18-14)12-6-8-16(2)9-7-12/h10,12H,3-9H2,1-2H3. The van der Waals surface area contributed by atoms with Gasteiger partial charge in [-0.3, -0.25) is 0 Å². The maximum absolute atomic E-state index is 10.9. The van der Waals surface area contributed by atoms with Crippen LogP contribution in [-0.4, -0.2) is 35.8 Å². The van der Waals surface area contributed by atoms with E-state index in [4.69, 9.17) is 4.98 Å². The average Bonchev–Trinajstić information content (AvgIpc) is 2.78. The Balaban J connectivity index is 1.84. The summed E-state index contributed by atoms with van der Waals surface area (Å²) in [6, 6.07) is 0. The Kier molecular flexibility index (Phi) is 4.89. The number of nitrogens with zero attached hydrogens (tertiary/aromatic N) is 2. The summed E-state index contributed by atoms with van der Waals surface area (Å²) in [5, 5.41) is 3.42. The molecule has 2 heterocycles. The maximum Gasteiger partial charge on any atom is 0.129 e. The van der Waals surface area contributed by atoms with Crippen LogP contribution in [0.25, 0.3) is 0 Å². The lowest BCUT2D eigenvalue weighted by Gasteiger charge is -2.27. The summed E-state index contributed by atoms with van der Waals surface area (Å²) in [6.07, 6.45) is 5.04. The van der Waals surface area contributed by atoms with Crippen molar-refractivity contribution in [1.82, 2.24) is 9.88 Å². The van der Waals surface area contributed by atoms with Crippen molar-refractivity contribution in [2.24, 2.45) is 0 Å². The van der Waals surface area contributed by atoms with Crippen LogP contribution in [0, 0.1) is 0 Å². The van der Waals surface area contributed by atoms with Crippen molar-refractivity contribution in [3.63, 3.8) is 0 Å². The Morgan fingerprint density at radius 1 is 1.50 bits per heavy atom. The Morgan fingerprint density at radius 2 is 2.22 bits per heavy atom. The van der Waals surface area contributed by atoms with Gasteiger partial charge in [-0.25, -0.2) is 4.98 Å². The van der Waals surface area contributed by atoms with Crippen molar-refractivity contribution in [3.05, 3.63) is 16.1 Å². The van der Waals surface area contributed by atoms with E-state index in [9.17, 15) is 4.79 Å². The highest BCUT2D eigenvalue weighted by molar-refractivity contribution is 7.09. The smallest absolute Gasteiger partial charge is 0.129 e. The quantitative estimate of drug-likeness (QED) is 0.821. The second-order valence-electron chi connectivity index (χ2n) is 5.30. The summed E-state index contributed by atoms with van der Waals surface area (Å²) in [4.78, 5) is 18.0. The van der Waals surface area contributed by atoms with Crippen molar-refractivity contribution in [3.8, 4) is 0 Å². The first-order chi connectivity index (χ1) is 8.65. The lowest BCUT2D eigenvalue weighted by atomic mass is 9.94. The van der Waals surface area contributed by atoms with Gasteiger partial charge in [0.1, 0.15) is 5.78 Å². The number of aryl methyl sites for hydroxylation is 1. The van der Waals surface area contributed by atoms with Gasteiger partial charge in [0.05, 0.1) is 10.7 Å². The van der Waals surface area contributed by atoms with Crippen molar-refractivity contribution in [1.29, 1.82) is 0 Å². The van der Waals surface area contributed by atoms with E-state index in [2.05, 4.69) is 17.3 Å². The van der Waals surface area contributed by atoms with Crippen LogP contribution in [0.15, 0.2) is 5.38 Å². The summed E-state index contributed by atoms with van der Waals surface area (Å²) in [5.74, 6) is 0.932. The molecule has 0 amide bonds. The van der Waals surface area contributed by atoms with Crippen LogP contribution in [-0.2, 0) is 11.2 Å². The number of Topliss-reactive ketones (excluding diaryl/α,β-unsaturated/α-hetero) is 1. The minimum atomic E-state index is 0.280. The lowest BCUT2D eigenvalue weighted by molar-refractivity contribution is -0.117. The molecule has 1 aromatic rings. The van der Waals surface area contributed by atoms with Crippen molar-refractivity contribution in [2.45, 2.75) is 44.9 Å². The third kappa shape index (κ3) is 3.89. The first kappa shape index (κ1) is 13.7. The number of hydrogen-bond acceptors (Lipinski definition) is 4. The Labute approximate surface area is 113 Å². The van der Waals surface area contributed by atoms with Crippen molar-refractivity contribution in [2.75, 3.05) is 20.1 Å². The molecule has 3 nitrogen and oxygen atoms in total. The van der Waals surface area contributed by atoms with Gasteiger partial charge in [-0.15, -0.1) is 11.3 Å². The van der Waals surface area contributed by atoms with E-state index in [-0.39, 0.29) is 5.78 Å². The zero-order valence-corrected chi connectivity index (χ0v) is 12.1. The first-order valence-corrected chi connectivity index (χ1v) is 7.65. The van der Waals surface area contributed by atoms with Crippen LogP contribution < -0.4 is 0 Å². The van der Waals surface area contributed by atoms with Crippen LogP contribution in [0.4, 0.5) is 0 Å². The SMILES string of the molecule is CC(=O)CCCc1nc(C2CCN(C)CC2)cs1. The Hall–Kier alpha value is -0.740. The molecule has 0 bridgehead atoms. The zero-order chi connectivity index (χ0) is 13.0. The van der Waals surface area contributed by atoms with E-state index in [0.717, 1.165) is 12.8 Å². The predicted molar refractivity (Wildman–Crippen MR) is 75.2 cm³/mol. The summed E-state index contributed by atoms with van der Waals surface area (Å²) >= 11 is 1.76. The topological polar surface area (TPSA) is 33.2 Å². The van der Waals surface area contributed by atoms with Gasteiger partial charge in [0, 0.05) is 17.7 Å². The molecule has 1 aliphatic rings. The summed E-state index contributed by atoms with van der Waals surface area (Å²) < 4.78 is 0. The second kappa shape index (κ2) is 6.43. The van der Waals surface area contributed by atoms with Gasteiger partial charge in [-0.2, -0.15) is 0 Å². The predicted octanol–water partition coefficient (Wildman–Crippen LogP) is 2.86. The van der Waals surface area contributed by atoms with Gasteiger partial charge in [-0.1, -0.05) is 0 Å². The first-order valence-electron chi connectivity index (χ1n) is 6.77. The van der Waals surface area contributed by atoms with Gasteiger partial charge in [0.25, 0.3) is 0 Å². The fraction of sp³-hybridized carbons (Fsp3) is 0.714. The minimum absolute atomic E-state index is 0.280. The Morgan fingerprint density at radius 3 is 2.89 bits per heavy atom. The molecule has 18 heavy (non-hydrogen) atoms. The number of rotatable bonds is 5. The molecule has 1 aromatic heterocycles. The molecule has 4 heteroatoms. The summed E-state index contributed by atoms with van der Waals surface area (Å²) in [6.45, 7) is 4.02.